The third-order valence-electron chi connectivity index (χ3n) is 3.10. The summed E-state index contributed by atoms with van der Waals surface area (Å²) in [5, 5.41) is 19.3. The monoisotopic (exact) mass is 264 g/mol. The van der Waals surface area contributed by atoms with E-state index >= 15 is 0 Å². The van der Waals surface area contributed by atoms with Gasteiger partial charge in [-0.1, -0.05) is 0 Å². The molecule has 0 amide bonds. The van der Waals surface area contributed by atoms with Gasteiger partial charge >= 0.3 is 5.69 Å². The van der Waals surface area contributed by atoms with E-state index in [9.17, 15) is 10.1 Å². The smallest absolute Gasteiger partial charge is 0.333 e. The number of hydrogen-bond donors (Lipinski definition) is 1. The highest BCUT2D eigenvalue weighted by Crippen LogP contribution is 2.29. The van der Waals surface area contributed by atoms with E-state index in [-0.39, 0.29) is 17.5 Å². The molecule has 0 saturated heterocycles. The molecule has 0 saturated carbocycles. The van der Waals surface area contributed by atoms with E-state index in [2.05, 4.69) is 10.2 Å². The average molecular weight is 264 g/mol. The molecule has 2 rings (SSSR count). The fourth-order valence-corrected chi connectivity index (χ4v) is 1.99. The number of nitro groups is 1. The van der Waals surface area contributed by atoms with Crippen molar-refractivity contribution in [1.29, 1.82) is 0 Å². The summed E-state index contributed by atoms with van der Waals surface area (Å²) in [6.45, 7) is 6.20. The maximum atomic E-state index is 10.9. The van der Waals surface area contributed by atoms with Crippen molar-refractivity contribution in [2.24, 2.45) is 0 Å². The van der Waals surface area contributed by atoms with Crippen LogP contribution in [0.4, 0.5) is 11.5 Å². The van der Waals surface area contributed by atoms with Crippen molar-refractivity contribution in [1.82, 2.24) is 19.6 Å². The van der Waals surface area contributed by atoms with Gasteiger partial charge in [0.2, 0.25) is 5.82 Å². The van der Waals surface area contributed by atoms with Crippen LogP contribution < -0.4 is 5.73 Å². The Balaban J connectivity index is 2.41. The van der Waals surface area contributed by atoms with E-state index in [1.54, 1.807) is 17.8 Å². The van der Waals surface area contributed by atoms with E-state index < -0.39 is 4.92 Å². The third kappa shape index (κ3) is 2.16. The molecule has 2 heterocycles. The molecule has 0 radical (unpaired) electrons. The number of nitrogen functional groups attached to an aromatic ring is 1. The second kappa shape index (κ2) is 4.71. The first-order valence-electron chi connectivity index (χ1n) is 5.97. The van der Waals surface area contributed by atoms with Crippen molar-refractivity contribution in [2.45, 2.75) is 33.4 Å². The Hall–Kier alpha value is -2.38. The van der Waals surface area contributed by atoms with Gasteiger partial charge in [0.25, 0.3) is 0 Å². The molecule has 8 nitrogen and oxygen atoms in total. The largest absolute Gasteiger partial charge is 0.378 e. The van der Waals surface area contributed by atoms with Crippen LogP contribution in [0, 0.1) is 17.0 Å². The van der Waals surface area contributed by atoms with Gasteiger partial charge in [-0.05, 0) is 20.8 Å². The quantitative estimate of drug-likeness (QED) is 0.665. The second-order valence-corrected chi connectivity index (χ2v) is 4.33. The highest BCUT2D eigenvalue weighted by atomic mass is 16.6. The predicted molar refractivity (Wildman–Crippen MR) is 69.7 cm³/mol. The molecule has 1 atom stereocenters. The van der Waals surface area contributed by atoms with E-state index in [0.717, 1.165) is 12.1 Å². The lowest BCUT2D eigenvalue weighted by molar-refractivity contribution is -0.384. The minimum Gasteiger partial charge on any atom is -0.378 e. The Labute approximate surface area is 110 Å². The standard InChI is InChI=1S/C11H16N6O2/c1-4-15-6-9(5-13-15)8(3)16-11(12)10(17(18)19)7(2)14-16/h5-6,8H,4,12H2,1-3H3. The van der Waals surface area contributed by atoms with Crippen LogP contribution in [0.5, 0.6) is 0 Å². The number of nitrogens with two attached hydrogens (primary N) is 1. The zero-order valence-corrected chi connectivity index (χ0v) is 11.1. The summed E-state index contributed by atoms with van der Waals surface area (Å²) in [5.41, 5.74) is 6.91. The van der Waals surface area contributed by atoms with E-state index in [4.69, 9.17) is 5.73 Å². The lowest BCUT2D eigenvalue weighted by Crippen LogP contribution is -2.11. The first kappa shape index (κ1) is 13.1. The molecule has 0 aromatic carbocycles. The van der Waals surface area contributed by atoms with Crippen LogP contribution >= 0.6 is 0 Å². The zero-order valence-electron chi connectivity index (χ0n) is 11.1. The normalized spacial score (nSPS) is 12.6. The van der Waals surface area contributed by atoms with Crippen molar-refractivity contribution in [3.05, 3.63) is 33.8 Å². The SMILES string of the molecule is CCn1cc(C(C)n2nc(C)c([N+](=O)[O-])c2N)cn1. The first-order valence-corrected chi connectivity index (χ1v) is 5.97. The Morgan fingerprint density at radius 3 is 2.74 bits per heavy atom. The molecule has 102 valence electrons. The highest BCUT2D eigenvalue weighted by molar-refractivity contribution is 5.56. The topological polar surface area (TPSA) is 105 Å². The van der Waals surface area contributed by atoms with E-state index in [0.29, 0.717) is 5.69 Å². The second-order valence-electron chi connectivity index (χ2n) is 4.33. The van der Waals surface area contributed by atoms with Gasteiger partial charge in [-0.15, -0.1) is 0 Å². The highest BCUT2D eigenvalue weighted by Gasteiger charge is 2.26. The minimum atomic E-state index is -0.504. The van der Waals surface area contributed by atoms with Gasteiger partial charge in [0.15, 0.2) is 0 Å². The summed E-state index contributed by atoms with van der Waals surface area (Å²) in [7, 11) is 0. The summed E-state index contributed by atoms with van der Waals surface area (Å²) in [6, 6.07) is -0.201. The molecule has 0 aliphatic heterocycles. The predicted octanol–water partition coefficient (Wildman–Crippen LogP) is 1.51. The minimum absolute atomic E-state index is 0.0687. The van der Waals surface area contributed by atoms with Crippen molar-refractivity contribution < 1.29 is 4.92 Å². The Morgan fingerprint density at radius 2 is 2.26 bits per heavy atom. The fraction of sp³-hybridized carbons (Fsp3) is 0.455. The number of nitrogens with zero attached hydrogens (tertiary/aromatic N) is 5. The van der Waals surface area contributed by atoms with Gasteiger partial charge in [-0.25, -0.2) is 4.68 Å². The van der Waals surface area contributed by atoms with Gasteiger partial charge in [0.05, 0.1) is 17.2 Å². The molecule has 2 N–H and O–H groups in total. The molecule has 0 bridgehead atoms. The number of aromatic nitrogens is 4. The number of rotatable bonds is 4. The van der Waals surface area contributed by atoms with Crippen LogP contribution in [0.2, 0.25) is 0 Å². The van der Waals surface area contributed by atoms with Gasteiger partial charge in [-0.3, -0.25) is 14.8 Å². The molecule has 0 fully saturated rings. The molecule has 0 spiro atoms. The molecule has 2 aromatic rings. The van der Waals surface area contributed by atoms with Crippen molar-refractivity contribution in [2.75, 3.05) is 5.73 Å². The molecule has 0 aliphatic rings. The van der Waals surface area contributed by atoms with Gasteiger partial charge < -0.3 is 5.73 Å². The van der Waals surface area contributed by atoms with Crippen LogP contribution in [0.3, 0.4) is 0 Å². The molecule has 1 unspecified atom stereocenters. The summed E-state index contributed by atoms with van der Waals surface area (Å²) in [4.78, 5) is 10.4. The number of aryl methyl sites for hydroxylation is 2. The molecule has 0 aliphatic carbocycles. The lowest BCUT2D eigenvalue weighted by atomic mass is 10.2. The van der Waals surface area contributed by atoms with Crippen LogP contribution in [0.15, 0.2) is 12.4 Å². The van der Waals surface area contributed by atoms with Gasteiger partial charge in [0.1, 0.15) is 5.69 Å². The molecule has 8 heteroatoms. The molecular formula is C11H16N6O2. The Bertz CT molecular complexity index is 615. The van der Waals surface area contributed by atoms with Gasteiger partial charge in [0, 0.05) is 18.3 Å². The van der Waals surface area contributed by atoms with Crippen LogP contribution in [0.1, 0.15) is 31.1 Å². The Morgan fingerprint density at radius 1 is 1.58 bits per heavy atom. The van der Waals surface area contributed by atoms with Crippen LogP contribution in [-0.2, 0) is 6.54 Å². The lowest BCUT2D eigenvalue weighted by Gasteiger charge is -2.10. The van der Waals surface area contributed by atoms with E-state index in [1.807, 2.05) is 20.0 Å². The Kier molecular flexibility index (Phi) is 3.24. The van der Waals surface area contributed by atoms with E-state index in [1.165, 1.54) is 4.68 Å². The van der Waals surface area contributed by atoms with Crippen molar-refractivity contribution in [3.8, 4) is 0 Å². The average Bonchev–Trinajstić information content (AvgIpc) is 2.93. The van der Waals surface area contributed by atoms with Gasteiger partial charge in [-0.2, -0.15) is 10.2 Å². The summed E-state index contributed by atoms with van der Waals surface area (Å²) in [6.07, 6.45) is 3.60. The summed E-state index contributed by atoms with van der Waals surface area (Å²) < 4.78 is 3.25. The fourth-order valence-electron chi connectivity index (χ4n) is 1.99. The molecule has 2 aromatic heterocycles. The molecule has 19 heavy (non-hydrogen) atoms. The summed E-state index contributed by atoms with van der Waals surface area (Å²) in [5.74, 6) is 0.0687. The van der Waals surface area contributed by atoms with Crippen LogP contribution in [0.25, 0.3) is 0 Å². The number of hydrogen-bond acceptors (Lipinski definition) is 5. The zero-order chi connectivity index (χ0) is 14.2. The van der Waals surface area contributed by atoms with Crippen molar-refractivity contribution >= 4 is 11.5 Å². The number of anilines is 1. The van der Waals surface area contributed by atoms with Crippen molar-refractivity contribution in [3.63, 3.8) is 0 Å². The summed E-state index contributed by atoms with van der Waals surface area (Å²) >= 11 is 0. The first-order chi connectivity index (χ1) is 8.95. The van der Waals surface area contributed by atoms with Crippen LogP contribution in [-0.4, -0.2) is 24.5 Å². The maximum absolute atomic E-state index is 10.9. The maximum Gasteiger partial charge on any atom is 0.333 e. The third-order valence-corrected chi connectivity index (χ3v) is 3.10. The molecular weight excluding hydrogens is 248 g/mol.